The number of ether oxygens (including phenoxy) is 1. The molecule has 118 valence electrons. The molecule has 23 heavy (non-hydrogen) atoms. The van der Waals surface area contributed by atoms with Gasteiger partial charge < -0.3 is 15.4 Å². The van der Waals surface area contributed by atoms with E-state index in [1.165, 1.54) is 0 Å². The second kappa shape index (κ2) is 6.42. The van der Waals surface area contributed by atoms with Crippen molar-refractivity contribution >= 4 is 39.1 Å². The van der Waals surface area contributed by atoms with E-state index in [1.807, 2.05) is 24.3 Å². The number of carbonyl (C=O) groups excluding carboxylic acids is 2. The van der Waals surface area contributed by atoms with Crippen molar-refractivity contribution in [1.29, 1.82) is 0 Å². The number of fused-ring (bicyclic) bond motifs is 1. The van der Waals surface area contributed by atoms with Gasteiger partial charge in [0, 0.05) is 10.2 Å². The summed E-state index contributed by atoms with van der Waals surface area (Å²) in [6.45, 7) is 1.69. The number of nitrogens with one attached hydrogen (secondary N) is 2. The molecule has 3 rings (SSSR count). The molecule has 2 N–H and O–H groups in total. The third kappa shape index (κ3) is 3.71. The van der Waals surface area contributed by atoms with E-state index >= 15 is 0 Å². The van der Waals surface area contributed by atoms with Crippen LogP contribution in [0.3, 0.4) is 0 Å². The summed E-state index contributed by atoms with van der Waals surface area (Å²) in [6.07, 6.45) is -0.232. The summed E-state index contributed by atoms with van der Waals surface area (Å²) in [4.78, 5) is 23.7. The molecule has 1 aliphatic heterocycles. The van der Waals surface area contributed by atoms with Crippen molar-refractivity contribution in [2.75, 3.05) is 10.6 Å². The smallest absolute Gasteiger partial charge is 0.265 e. The van der Waals surface area contributed by atoms with Crippen LogP contribution in [-0.4, -0.2) is 17.9 Å². The van der Waals surface area contributed by atoms with Gasteiger partial charge in [0.05, 0.1) is 12.1 Å². The molecule has 0 saturated carbocycles. The first-order valence-corrected chi connectivity index (χ1v) is 7.96. The number of hydrogen-bond acceptors (Lipinski definition) is 3. The first-order chi connectivity index (χ1) is 11.0. The number of anilines is 2. The first-order valence-electron chi connectivity index (χ1n) is 7.17. The fourth-order valence-corrected chi connectivity index (χ4v) is 2.54. The fraction of sp³-hybridized carbons (Fsp3) is 0.176. The lowest BCUT2D eigenvalue weighted by molar-refractivity contribution is -0.122. The van der Waals surface area contributed by atoms with E-state index < -0.39 is 6.10 Å². The third-order valence-electron chi connectivity index (χ3n) is 3.47. The molecule has 1 unspecified atom stereocenters. The number of amides is 2. The van der Waals surface area contributed by atoms with Crippen molar-refractivity contribution < 1.29 is 14.3 Å². The van der Waals surface area contributed by atoms with Crippen LogP contribution in [0.25, 0.3) is 0 Å². The van der Waals surface area contributed by atoms with Crippen molar-refractivity contribution in [2.45, 2.75) is 19.4 Å². The summed E-state index contributed by atoms with van der Waals surface area (Å²) in [5.74, 6) is 0.280. The second-order valence-electron chi connectivity index (χ2n) is 5.31. The van der Waals surface area contributed by atoms with Gasteiger partial charge in [-0.1, -0.05) is 28.1 Å². The monoisotopic (exact) mass is 374 g/mol. The molecule has 0 bridgehead atoms. The van der Waals surface area contributed by atoms with Gasteiger partial charge in [-0.05, 0) is 42.8 Å². The Balaban J connectivity index is 1.68. The van der Waals surface area contributed by atoms with Crippen LogP contribution in [0.1, 0.15) is 12.5 Å². The van der Waals surface area contributed by atoms with E-state index in [0.29, 0.717) is 17.1 Å². The van der Waals surface area contributed by atoms with E-state index in [-0.39, 0.29) is 18.2 Å². The highest BCUT2D eigenvalue weighted by molar-refractivity contribution is 9.10. The Labute approximate surface area is 142 Å². The summed E-state index contributed by atoms with van der Waals surface area (Å²) >= 11 is 3.36. The molecule has 0 aliphatic carbocycles. The van der Waals surface area contributed by atoms with Gasteiger partial charge in [0.1, 0.15) is 5.75 Å². The molecule has 0 spiro atoms. The molecule has 2 amide bonds. The minimum absolute atomic E-state index is 0.122. The molecule has 1 heterocycles. The molecule has 5 nitrogen and oxygen atoms in total. The standard InChI is InChI=1S/C17H15BrN2O3/c1-10-17(22)20-14-9-13(6-7-15(14)23-10)19-16(21)8-11-2-4-12(18)5-3-11/h2-7,9-10H,8H2,1H3,(H,19,21)(H,20,22). The zero-order chi connectivity index (χ0) is 16.4. The average molecular weight is 375 g/mol. The highest BCUT2D eigenvalue weighted by Crippen LogP contribution is 2.32. The maximum absolute atomic E-state index is 12.1. The molecule has 1 aliphatic rings. The fourth-order valence-electron chi connectivity index (χ4n) is 2.28. The zero-order valence-corrected chi connectivity index (χ0v) is 14.0. The van der Waals surface area contributed by atoms with Gasteiger partial charge >= 0.3 is 0 Å². The molecule has 0 fully saturated rings. The van der Waals surface area contributed by atoms with Gasteiger partial charge in [-0.25, -0.2) is 0 Å². The maximum atomic E-state index is 12.1. The van der Waals surface area contributed by atoms with Crippen molar-refractivity contribution in [3.05, 3.63) is 52.5 Å². The Hall–Kier alpha value is -2.34. The predicted octanol–water partition coefficient (Wildman–Crippen LogP) is 3.35. The number of benzene rings is 2. The highest BCUT2D eigenvalue weighted by Gasteiger charge is 2.23. The third-order valence-corrected chi connectivity index (χ3v) is 4.00. The van der Waals surface area contributed by atoms with Crippen LogP contribution in [0, 0.1) is 0 Å². The quantitative estimate of drug-likeness (QED) is 0.865. The summed E-state index contributed by atoms with van der Waals surface area (Å²) < 4.78 is 6.46. The molecular formula is C17H15BrN2O3. The molecule has 6 heteroatoms. The van der Waals surface area contributed by atoms with E-state index in [0.717, 1.165) is 10.0 Å². The Morgan fingerprint density at radius 3 is 2.74 bits per heavy atom. The number of rotatable bonds is 3. The van der Waals surface area contributed by atoms with E-state index in [9.17, 15) is 9.59 Å². The number of hydrogen-bond donors (Lipinski definition) is 2. The van der Waals surface area contributed by atoms with E-state index in [1.54, 1.807) is 25.1 Å². The number of carbonyl (C=O) groups is 2. The molecule has 1 atom stereocenters. The van der Waals surface area contributed by atoms with E-state index in [4.69, 9.17) is 4.74 Å². The van der Waals surface area contributed by atoms with Gasteiger partial charge in [-0.15, -0.1) is 0 Å². The van der Waals surface area contributed by atoms with Crippen molar-refractivity contribution in [2.24, 2.45) is 0 Å². The van der Waals surface area contributed by atoms with Crippen molar-refractivity contribution in [1.82, 2.24) is 0 Å². The van der Waals surface area contributed by atoms with Crippen LogP contribution < -0.4 is 15.4 Å². The average Bonchev–Trinajstić information content (AvgIpc) is 2.51. The van der Waals surface area contributed by atoms with Crippen LogP contribution in [-0.2, 0) is 16.0 Å². The minimum Gasteiger partial charge on any atom is -0.479 e. The van der Waals surface area contributed by atoms with Gasteiger partial charge in [0.25, 0.3) is 5.91 Å². The van der Waals surface area contributed by atoms with Gasteiger partial charge in [-0.2, -0.15) is 0 Å². The Morgan fingerprint density at radius 1 is 1.26 bits per heavy atom. The molecule has 2 aromatic rings. The normalized spacial score (nSPS) is 16.1. The van der Waals surface area contributed by atoms with Crippen LogP contribution >= 0.6 is 15.9 Å². The SMILES string of the molecule is CC1Oc2ccc(NC(=O)Cc3ccc(Br)cc3)cc2NC1=O. The maximum Gasteiger partial charge on any atom is 0.265 e. The largest absolute Gasteiger partial charge is 0.479 e. The topological polar surface area (TPSA) is 67.4 Å². The zero-order valence-electron chi connectivity index (χ0n) is 12.4. The second-order valence-corrected chi connectivity index (χ2v) is 6.23. The summed E-state index contributed by atoms with van der Waals surface area (Å²) in [6, 6.07) is 12.8. The first kappa shape index (κ1) is 15.6. The van der Waals surface area contributed by atoms with Gasteiger partial charge in [-0.3, -0.25) is 9.59 Å². The molecule has 0 radical (unpaired) electrons. The highest BCUT2D eigenvalue weighted by atomic mass is 79.9. The van der Waals surface area contributed by atoms with E-state index in [2.05, 4.69) is 26.6 Å². The summed E-state index contributed by atoms with van der Waals surface area (Å²) in [5, 5.41) is 5.58. The minimum atomic E-state index is -0.514. The predicted molar refractivity (Wildman–Crippen MR) is 91.6 cm³/mol. The lowest BCUT2D eigenvalue weighted by Crippen LogP contribution is -2.34. The number of halogens is 1. The van der Waals surface area contributed by atoms with Crippen LogP contribution in [0.2, 0.25) is 0 Å². The Kier molecular flexibility index (Phi) is 4.34. The molecular weight excluding hydrogens is 360 g/mol. The van der Waals surface area contributed by atoms with Crippen molar-refractivity contribution in [3.63, 3.8) is 0 Å². The summed E-state index contributed by atoms with van der Waals surface area (Å²) in [7, 11) is 0. The molecule has 0 saturated heterocycles. The van der Waals surface area contributed by atoms with Gasteiger partial charge in [0.15, 0.2) is 6.10 Å². The van der Waals surface area contributed by atoms with Crippen LogP contribution in [0.4, 0.5) is 11.4 Å². The lowest BCUT2D eigenvalue weighted by Gasteiger charge is -2.23. The lowest BCUT2D eigenvalue weighted by atomic mass is 10.1. The molecule has 2 aromatic carbocycles. The van der Waals surface area contributed by atoms with Gasteiger partial charge in [0.2, 0.25) is 5.91 Å². The Morgan fingerprint density at radius 2 is 2.00 bits per heavy atom. The summed E-state index contributed by atoms with van der Waals surface area (Å²) in [5.41, 5.74) is 2.10. The van der Waals surface area contributed by atoms with Crippen LogP contribution in [0.15, 0.2) is 46.9 Å². The Bertz CT molecular complexity index is 759. The molecule has 0 aromatic heterocycles. The van der Waals surface area contributed by atoms with Crippen LogP contribution in [0.5, 0.6) is 5.75 Å². The van der Waals surface area contributed by atoms with Crippen molar-refractivity contribution in [3.8, 4) is 5.75 Å².